The summed E-state index contributed by atoms with van der Waals surface area (Å²) in [6.45, 7) is 0. The van der Waals surface area contributed by atoms with E-state index in [1.54, 1.807) is 18.3 Å². The quantitative estimate of drug-likeness (QED) is 0.106. The molecule has 14 aromatic carbocycles. The van der Waals surface area contributed by atoms with Gasteiger partial charge in [-0.05, 0) is 213 Å². The molecule has 0 unspecified atom stereocenters. The van der Waals surface area contributed by atoms with Crippen LogP contribution in [0.5, 0.6) is 0 Å². The van der Waals surface area contributed by atoms with Gasteiger partial charge in [0.15, 0.2) is 0 Å². The van der Waals surface area contributed by atoms with Gasteiger partial charge in [0, 0.05) is 102 Å². The van der Waals surface area contributed by atoms with Crippen LogP contribution in [-0.2, 0) is 0 Å². The maximum absolute atomic E-state index is 8.54. The lowest BCUT2D eigenvalue weighted by Gasteiger charge is -2.26. The fraction of sp³-hybridized carbons (Fsp3) is 0.0309. The molecule has 0 saturated heterocycles. The average Bonchev–Trinajstić information content (AvgIpc) is 1.61. The van der Waals surface area contributed by atoms with Gasteiger partial charge in [0.05, 0.1) is 22.1 Å². The van der Waals surface area contributed by atoms with Gasteiger partial charge in [-0.25, -0.2) is 0 Å². The second-order valence-corrected chi connectivity index (χ2v) is 26.3. The predicted molar refractivity (Wildman–Crippen MR) is 458 cm³/mol. The highest BCUT2D eigenvalue weighted by Gasteiger charge is 2.19. The standard InChI is InChI=1S/C47H33N3.C42H29BrN2.C5H6BNO2.3CH4/c1-3-10-34(11-4-1)35-17-24-41(25-18-35)49(43-28-21-37(22-29-43)39-12-9-31-48-33-39)42-26-19-36(20-27-42)38-23-30-47-45(32-38)44-15-7-8-16-46(44)50(47)40-13-5-2-6-14-40;43-34-20-26-38(27-21-34)44(36-22-15-31(16-23-36)30-9-3-1-4-10-30)37-24-17-32(18-25-37)33-19-28-42-40(29-33)39-13-7-8-14-41(39)45(42)35-11-5-2-6-12-35;8-6(9)5-2-1-3-7-4-5;;;/h1-33H;1-29H;1-4,8-9H;3*1H4. The molecule has 4 heterocycles. The molecule has 0 spiro atoms. The van der Waals surface area contributed by atoms with Crippen molar-refractivity contribution >= 4 is 106 Å². The first-order valence-corrected chi connectivity index (χ1v) is 35.4. The number of fused-ring (bicyclic) bond motifs is 6. The third-order valence-corrected chi connectivity index (χ3v) is 19.5. The van der Waals surface area contributed by atoms with Crippen molar-refractivity contribution in [3.05, 3.63) is 405 Å². The third-order valence-electron chi connectivity index (χ3n) is 18.9. The average molecular weight is 1450 g/mol. The molecule has 520 valence electrons. The van der Waals surface area contributed by atoms with E-state index < -0.39 is 7.12 Å². The molecule has 4 aromatic heterocycles. The highest BCUT2D eigenvalue weighted by molar-refractivity contribution is 9.10. The van der Waals surface area contributed by atoms with Crippen LogP contribution in [-0.4, -0.2) is 36.3 Å². The summed E-state index contributed by atoms with van der Waals surface area (Å²) >= 11 is 3.60. The Morgan fingerprint density at radius 3 is 0.869 bits per heavy atom. The summed E-state index contributed by atoms with van der Waals surface area (Å²) in [4.78, 5) is 12.6. The molecule has 0 aliphatic carbocycles. The second-order valence-electron chi connectivity index (χ2n) is 25.4. The van der Waals surface area contributed by atoms with Gasteiger partial charge >= 0.3 is 7.12 Å². The van der Waals surface area contributed by atoms with Crippen LogP contribution in [0.15, 0.2) is 405 Å². The Hall–Kier alpha value is -13.0. The lowest BCUT2D eigenvalue weighted by Crippen LogP contribution is -2.29. The number of aromatic nitrogens is 4. The molecule has 0 bridgehead atoms. The molecule has 8 nitrogen and oxygen atoms in total. The molecule has 0 amide bonds. The highest BCUT2D eigenvalue weighted by atomic mass is 79.9. The van der Waals surface area contributed by atoms with Crippen LogP contribution in [0, 0.1) is 0 Å². The number of para-hydroxylation sites is 4. The van der Waals surface area contributed by atoms with Crippen LogP contribution >= 0.6 is 15.9 Å². The minimum absolute atomic E-state index is 0. The van der Waals surface area contributed by atoms with Crippen molar-refractivity contribution in [2.75, 3.05) is 9.80 Å². The SMILES string of the molecule is Brc1ccc(N(c2ccc(-c3ccccc3)cc2)c2ccc(-c3ccc4c(c3)c3ccccc3n4-c3ccccc3)cc2)cc1.C.C.C.OB(O)c1cccnc1.c1ccc(-c2ccc(N(c3ccc(-c4cccnc4)cc3)c3ccc(-c4ccc5c(c4)c4ccccc4n5-c4ccccc4)cc3)cc2)cc1. The zero-order valence-electron chi connectivity index (χ0n) is 56.6. The Kier molecular flexibility index (Phi) is 22.5. The van der Waals surface area contributed by atoms with Gasteiger partial charge < -0.3 is 29.0 Å². The largest absolute Gasteiger partial charge is 0.490 e. The van der Waals surface area contributed by atoms with Crippen molar-refractivity contribution in [2.45, 2.75) is 22.3 Å². The minimum Gasteiger partial charge on any atom is -0.423 e. The summed E-state index contributed by atoms with van der Waals surface area (Å²) in [5, 5.41) is 22.1. The van der Waals surface area contributed by atoms with Gasteiger partial charge in [0.2, 0.25) is 0 Å². The smallest absolute Gasteiger partial charge is 0.423 e. The summed E-state index contributed by atoms with van der Waals surface area (Å²) in [5.74, 6) is 0. The Morgan fingerprint density at radius 1 is 0.252 bits per heavy atom. The van der Waals surface area contributed by atoms with Crippen LogP contribution in [0.4, 0.5) is 34.1 Å². The summed E-state index contributed by atoms with van der Waals surface area (Å²) in [5.41, 5.74) is 26.0. The van der Waals surface area contributed by atoms with E-state index in [2.05, 4.69) is 403 Å². The molecule has 18 aromatic rings. The monoisotopic (exact) mass is 1450 g/mol. The van der Waals surface area contributed by atoms with Crippen molar-refractivity contribution in [3.63, 3.8) is 0 Å². The van der Waals surface area contributed by atoms with Crippen LogP contribution in [0.2, 0.25) is 0 Å². The highest BCUT2D eigenvalue weighted by Crippen LogP contribution is 2.42. The van der Waals surface area contributed by atoms with Crippen LogP contribution in [0.25, 0.3) is 111 Å². The van der Waals surface area contributed by atoms with E-state index in [0.29, 0.717) is 5.46 Å². The van der Waals surface area contributed by atoms with Crippen LogP contribution in [0.1, 0.15) is 22.3 Å². The number of hydrogen-bond acceptors (Lipinski definition) is 6. The number of nitrogens with zero attached hydrogens (tertiary/aromatic N) is 6. The molecule has 10 heteroatoms. The van der Waals surface area contributed by atoms with Gasteiger partial charge in [-0.15, -0.1) is 0 Å². The molecule has 0 aliphatic heterocycles. The first-order chi connectivity index (χ1) is 51.3. The first kappa shape index (κ1) is 72.4. The van der Waals surface area contributed by atoms with Gasteiger partial charge in [-0.2, -0.15) is 0 Å². The molecule has 0 radical (unpaired) electrons. The Bertz CT molecular complexity index is 5810. The second kappa shape index (κ2) is 33.2. The van der Waals surface area contributed by atoms with Gasteiger partial charge in [-0.3, -0.25) is 9.97 Å². The van der Waals surface area contributed by atoms with Crippen molar-refractivity contribution in [1.29, 1.82) is 0 Å². The number of hydrogen-bond donors (Lipinski definition) is 2. The number of halogens is 1. The molecule has 18 rings (SSSR count). The van der Waals surface area contributed by atoms with Gasteiger partial charge in [0.1, 0.15) is 0 Å². The molecule has 107 heavy (non-hydrogen) atoms. The van der Waals surface area contributed by atoms with Crippen molar-refractivity contribution in [1.82, 2.24) is 19.1 Å². The summed E-state index contributed by atoms with van der Waals surface area (Å²) in [6, 6.07) is 133. The maximum atomic E-state index is 8.54. The summed E-state index contributed by atoms with van der Waals surface area (Å²) < 4.78 is 5.78. The normalized spacial score (nSPS) is 10.7. The molecule has 0 atom stereocenters. The topological polar surface area (TPSA) is 82.6 Å². The molecular formula is C97H80BBrN6O2. The zero-order chi connectivity index (χ0) is 70.1. The number of rotatable bonds is 14. The lowest BCUT2D eigenvalue weighted by atomic mass is 9.82. The minimum atomic E-state index is -1.40. The van der Waals surface area contributed by atoms with Crippen molar-refractivity contribution < 1.29 is 10.0 Å². The van der Waals surface area contributed by atoms with Gasteiger partial charge in [-0.1, -0.05) is 257 Å². The lowest BCUT2D eigenvalue weighted by molar-refractivity contribution is 0.425. The summed E-state index contributed by atoms with van der Waals surface area (Å²) in [6.07, 6.45) is 6.70. The zero-order valence-corrected chi connectivity index (χ0v) is 58.2. The Morgan fingerprint density at radius 2 is 0.533 bits per heavy atom. The van der Waals surface area contributed by atoms with E-state index in [1.165, 1.54) is 106 Å². The Balaban J connectivity index is 0.000000166. The fourth-order valence-corrected chi connectivity index (χ4v) is 14.1. The molecule has 0 saturated carbocycles. The van der Waals surface area contributed by atoms with Crippen LogP contribution in [0.3, 0.4) is 0 Å². The number of pyridine rings is 2. The van der Waals surface area contributed by atoms with E-state index in [0.717, 1.165) is 49.7 Å². The maximum Gasteiger partial charge on any atom is 0.490 e. The Labute approximate surface area is 635 Å². The van der Waals surface area contributed by atoms with Gasteiger partial charge in [0.25, 0.3) is 0 Å². The number of benzene rings is 14. The molecule has 2 N–H and O–H groups in total. The van der Waals surface area contributed by atoms with E-state index in [4.69, 9.17) is 10.0 Å². The van der Waals surface area contributed by atoms with Crippen molar-refractivity contribution in [2.24, 2.45) is 0 Å². The molecular weight excluding hydrogens is 1370 g/mol. The molecule has 0 fully saturated rings. The molecule has 0 aliphatic rings. The fourth-order valence-electron chi connectivity index (χ4n) is 13.8. The van der Waals surface area contributed by atoms with Crippen LogP contribution < -0.4 is 15.3 Å². The number of anilines is 6. The summed E-state index contributed by atoms with van der Waals surface area (Å²) in [7, 11) is -1.40. The van der Waals surface area contributed by atoms with E-state index >= 15 is 0 Å². The van der Waals surface area contributed by atoms with Crippen molar-refractivity contribution in [3.8, 4) is 67.0 Å². The van der Waals surface area contributed by atoms with E-state index in [9.17, 15) is 0 Å². The third kappa shape index (κ3) is 15.5. The predicted octanol–water partition coefficient (Wildman–Crippen LogP) is 25.7. The first-order valence-electron chi connectivity index (χ1n) is 34.6. The van der Waals surface area contributed by atoms with E-state index in [1.807, 2.05) is 18.5 Å². The van der Waals surface area contributed by atoms with E-state index in [-0.39, 0.29) is 22.3 Å².